The van der Waals surface area contributed by atoms with Gasteiger partial charge >= 0.3 is 0 Å². The number of benzene rings is 2. The Morgan fingerprint density at radius 1 is 1.19 bits per heavy atom. The van der Waals surface area contributed by atoms with Crippen molar-refractivity contribution in [1.29, 1.82) is 0 Å². The maximum atomic E-state index is 13.3. The van der Waals surface area contributed by atoms with E-state index in [0.717, 1.165) is 62.0 Å². The van der Waals surface area contributed by atoms with Gasteiger partial charge in [0.15, 0.2) is 5.58 Å². The van der Waals surface area contributed by atoms with Crippen LogP contribution >= 0.6 is 0 Å². The summed E-state index contributed by atoms with van der Waals surface area (Å²) in [6, 6.07) is 11.5. The molecule has 31 heavy (non-hydrogen) atoms. The summed E-state index contributed by atoms with van der Waals surface area (Å²) in [6.45, 7) is 5.24. The van der Waals surface area contributed by atoms with Crippen LogP contribution in [0.25, 0.3) is 11.0 Å². The number of fused-ring (bicyclic) bond motifs is 1. The van der Waals surface area contributed by atoms with Crippen LogP contribution in [-0.4, -0.2) is 44.7 Å². The molecule has 6 nitrogen and oxygen atoms in total. The fraction of sp³-hybridized carbons (Fsp3) is 0.435. The van der Waals surface area contributed by atoms with Crippen LogP contribution in [0.15, 0.2) is 51.9 Å². The first-order chi connectivity index (χ1) is 14.9. The molecule has 2 heterocycles. The van der Waals surface area contributed by atoms with E-state index in [1.807, 2.05) is 13.0 Å². The van der Waals surface area contributed by atoms with E-state index < -0.39 is 10.0 Å². The van der Waals surface area contributed by atoms with Gasteiger partial charge in [0, 0.05) is 18.0 Å². The second-order valence-corrected chi connectivity index (χ2v) is 10.1. The van der Waals surface area contributed by atoms with Crippen LogP contribution in [0.4, 0.5) is 4.39 Å². The molecule has 1 aromatic heterocycles. The zero-order valence-corrected chi connectivity index (χ0v) is 18.5. The SMILES string of the molecule is Cc1cccc(S(=O)(=O)NCC2CCN(CCCc3noc4cc(F)ccc34)CC2)c1. The Kier molecular flexibility index (Phi) is 6.69. The van der Waals surface area contributed by atoms with Crippen molar-refractivity contribution in [3.8, 4) is 0 Å². The van der Waals surface area contributed by atoms with Crippen molar-refractivity contribution in [1.82, 2.24) is 14.8 Å². The smallest absolute Gasteiger partial charge is 0.240 e. The van der Waals surface area contributed by atoms with Crippen molar-refractivity contribution < 1.29 is 17.3 Å². The number of halogens is 1. The molecule has 0 aliphatic carbocycles. The lowest BCUT2D eigenvalue weighted by Crippen LogP contribution is -2.39. The zero-order chi connectivity index (χ0) is 21.8. The molecule has 166 valence electrons. The summed E-state index contributed by atoms with van der Waals surface area (Å²) in [6.07, 6.45) is 3.68. The van der Waals surface area contributed by atoms with Crippen LogP contribution in [0.1, 0.15) is 30.5 Å². The van der Waals surface area contributed by atoms with E-state index in [9.17, 15) is 12.8 Å². The number of hydrogen-bond donors (Lipinski definition) is 1. The van der Waals surface area contributed by atoms with E-state index in [0.29, 0.717) is 22.9 Å². The van der Waals surface area contributed by atoms with Gasteiger partial charge in [0.1, 0.15) is 5.82 Å². The Morgan fingerprint density at radius 2 is 2.00 bits per heavy atom. The second kappa shape index (κ2) is 9.46. The van der Waals surface area contributed by atoms with E-state index in [2.05, 4.69) is 14.8 Å². The lowest BCUT2D eigenvalue weighted by Gasteiger charge is -2.31. The Bertz CT molecular complexity index is 1140. The fourth-order valence-electron chi connectivity index (χ4n) is 4.12. The number of likely N-dealkylation sites (tertiary alicyclic amines) is 1. The van der Waals surface area contributed by atoms with Crippen molar-refractivity contribution in [3.63, 3.8) is 0 Å². The molecular weight excluding hydrogens is 417 g/mol. The molecule has 0 amide bonds. The van der Waals surface area contributed by atoms with Crippen molar-refractivity contribution in [2.75, 3.05) is 26.2 Å². The summed E-state index contributed by atoms with van der Waals surface area (Å²) in [4.78, 5) is 2.74. The third-order valence-corrected chi connectivity index (χ3v) is 7.39. The molecule has 0 atom stereocenters. The van der Waals surface area contributed by atoms with Gasteiger partial charge in [0.05, 0.1) is 10.6 Å². The summed E-state index contributed by atoms with van der Waals surface area (Å²) in [5, 5.41) is 4.96. The monoisotopic (exact) mass is 445 g/mol. The minimum absolute atomic E-state index is 0.320. The first-order valence-corrected chi connectivity index (χ1v) is 12.2. The summed E-state index contributed by atoms with van der Waals surface area (Å²) in [5.41, 5.74) is 2.29. The Hall–Kier alpha value is -2.29. The van der Waals surface area contributed by atoms with Crippen molar-refractivity contribution in [2.24, 2.45) is 5.92 Å². The molecule has 0 bridgehead atoms. The summed E-state index contributed by atoms with van der Waals surface area (Å²) in [7, 11) is -3.46. The molecule has 3 aromatic rings. The molecule has 1 aliphatic rings. The minimum Gasteiger partial charge on any atom is -0.356 e. The lowest BCUT2D eigenvalue weighted by atomic mass is 9.97. The van der Waals surface area contributed by atoms with Gasteiger partial charge in [0.2, 0.25) is 10.0 Å². The number of sulfonamides is 1. The average Bonchev–Trinajstić information content (AvgIpc) is 3.15. The number of nitrogens with zero attached hydrogens (tertiary/aromatic N) is 2. The van der Waals surface area contributed by atoms with Crippen LogP contribution in [0.5, 0.6) is 0 Å². The van der Waals surface area contributed by atoms with Gasteiger partial charge < -0.3 is 9.42 Å². The molecular formula is C23H28FN3O3S. The Balaban J connectivity index is 1.20. The molecule has 0 unspecified atom stereocenters. The molecule has 0 saturated carbocycles. The van der Waals surface area contributed by atoms with Gasteiger partial charge in [-0.05, 0) is 88.0 Å². The quantitative estimate of drug-likeness (QED) is 0.569. The summed E-state index contributed by atoms with van der Waals surface area (Å²) in [5.74, 6) is 0.0319. The number of aryl methyl sites for hydroxylation is 2. The van der Waals surface area contributed by atoms with Crippen LogP contribution in [0.3, 0.4) is 0 Å². The molecule has 1 N–H and O–H groups in total. The Morgan fingerprint density at radius 3 is 2.77 bits per heavy atom. The largest absolute Gasteiger partial charge is 0.356 e. The normalized spacial score (nSPS) is 16.2. The standard InChI is InChI=1S/C23H28FN3O3S/c1-17-4-2-5-20(14-17)31(28,29)25-16-18-9-12-27(13-10-18)11-3-6-22-21-8-7-19(24)15-23(21)30-26-22/h2,4-5,7-8,14-15,18,25H,3,6,9-13,16H2,1H3. The predicted molar refractivity (Wildman–Crippen MR) is 118 cm³/mol. The van der Waals surface area contributed by atoms with Gasteiger partial charge in [-0.1, -0.05) is 17.3 Å². The Labute approximate surface area is 182 Å². The molecule has 8 heteroatoms. The third-order valence-electron chi connectivity index (χ3n) is 5.97. The highest BCUT2D eigenvalue weighted by Gasteiger charge is 2.22. The predicted octanol–water partition coefficient (Wildman–Crippen LogP) is 3.90. The molecule has 1 aliphatic heterocycles. The van der Waals surface area contributed by atoms with E-state index in [4.69, 9.17) is 4.52 Å². The molecule has 4 rings (SSSR count). The molecule has 1 fully saturated rings. The van der Waals surface area contributed by atoms with Crippen LogP contribution in [0, 0.1) is 18.7 Å². The first-order valence-electron chi connectivity index (χ1n) is 10.7. The van der Waals surface area contributed by atoms with Crippen molar-refractivity contribution >= 4 is 21.0 Å². The van der Waals surface area contributed by atoms with Gasteiger partial charge in [-0.15, -0.1) is 0 Å². The van der Waals surface area contributed by atoms with Crippen LogP contribution < -0.4 is 4.72 Å². The van der Waals surface area contributed by atoms with Crippen LogP contribution in [-0.2, 0) is 16.4 Å². The molecule has 0 radical (unpaired) electrons. The maximum Gasteiger partial charge on any atom is 0.240 e. The molecule has 0 spiro atoms. The second-order valence-electron chi connectivity index (χ2n) is 8.33. The zero-order valence-electron chi connectivity index (χ0n) is 17.7. The van der Waals surface area contributed by atoms with Gasteiger partial charge in [0.25, 0.3) is 0 Å². The summed E-state index contributed by atoms with van der Waals surface area (Å²) < 4.78 is 46.3. The fourth-order valence-corrected chi connectivity index (χ4v) is 5.34. The number of hydrogen-bond acceptors (Lipinski definition) is 5. The number of aromatic nitrogens is 1. The van der Waals surface area contributed by atoms with E-state index in [1.165, 1.54) is 12.1 Å². The number of rotatable bonds is 8. The first kappa shape index (κ1) is 21.9. The van der Waals surface area contributed by atoms with Crippen molar-refractivity contribution in [3.05, 3.63) is 59.5 Å². The van der Waals surface area contributed by atoms with E-state index >= 15 is 0 Å². The van der Waals surface area contributed by atoms with Crippen LogP contribution in [0.2, 0.25) is 0 Å². The van der Waals surface area contributed by atoms with E-state index in [-0.39, 0.29) is 5.82 Å². The van der Waals surface area contributed by atoms with Gasteiger partial charge in [-0.25, -0.2) is 17.5 Å². The highest BCUT2D eigenvalue weighted by atomic mass is 32.2. The third kappa shape index (κ3) is 5.50. The van der Waals surface area contributed by atoms with Crippen molar-refractivity contribution in [2.45, 2.75) is 37.5 Å². The average molecular weight is 446 g/mol. The molecule has 2 aromatic carbocycles. The van der Waals surface area contributed by atoms with E-state index in [1.54, 1.807) is 24.3 Å². The molecule has 1 saturated heterocycles. The highest BCUT2D eigenvalue weighted by Crippen LogP contribution is 2.22. The maximum absolute atomic E-state index is 13.3. The van der Waals surface area contributed by atoms with Gasteiger partial charge in [-0.2, -0.15) is 0 Å². The van der Waals surface area contributed by atoms with Gasteiger partial charge in [-0.3, -0.25) is 0 Å². The topological polar surface area (TPSA) is 75.4 Å². The highest BCUT2D eigenvalue weighted by molar-refractivity contribution is 7.89. The summed E-state index contributed by atoms with van der Waals surface area (Å²) >= 11 is 0. The number of nitrogens with one attached hydrogen (secondary N) is 1. The lowest BCUT2D eigenvalue weighted by molar-refractivity contribution is 0.183. The minimum atomic E-state index is -3.46. The number of piperidine rings is 1.